The Bertz CT molecular complexity index is 428. The molecule has 0 radical (unpaired) electrons. The van der Waals surface area contributed by atoms with Gasteiger partial charge in [-0.2, -0.15) is 0 Å². The molecule has 1 aliphatic rings. The van der Waals surface area contributed by atoms with E-state index >= 15 is 0 Å². The van der Waals surface area contributed by atoms with Crippen molar-refractivity contribution in [3.8, 4) is 0 Å². The Morgan fingerprint density at radius 1 is 1.42 bits per heavy atom. The Morgan fingerprint density at radius 2 is 2.11 bits per heavy atom. The Morgan fingerprint density at radius 3 is 2.68 bits per heavy atom. The maximum Gasteiger partial charge on any atom is 0.335 e. The van der Waals surface area contributed by atoms with E-state index in [0.29, 0.717) is 17.5 Å². The van der Waals surface area contributed by atoms with Crippen LogP contribution in [-0.4, -0.2) is 41.7 Å². The molecule has 4 nitrogen and oxygen atoms in total. The quantitative estimate of drug-likeness (QED) is 0.869. The molecule has 19 heavy (non-hydrogen) atoms. The molecular formula is C15H22N2O2. The molecule has 0 aromatic heterocycles. The third kappa shape index (κ3) is 3.55. The fourth-order valence-electron chi connectivity index (χ4n) is 2.61. The zero-order chi connectivity index (χ0) is 13.8. The van der Waals surface area contributed by atoms with E-state index in [4.69, 9.17) is 5.11 Å². The van der Waals surface area contributed by atoms with Crippen molar-refractivity contribution in [2.24, 2.45) is 5.92 Å². The van der Waals surface area contributed by atoms with Crippen molar-refractivity contribution in [3.05, 3.63) is 35.4 Å². The number of piperazine rings is 1. The Hall–Kier alpha value is -1.39. The molecule has 0 aliphatic carbocycles. The molecule has 0 saturated carbocycles. The Kier molecular flexibility index (Phi) is 4.56. The molecule has 2 rings (SSSR count). The van der Waals surface area contributed by atoms with Gasteiger partial charge in [0, 0.05) is 32.2 Å². The van der Waals surface area contributed by atoms with E-state index in [1.54, 1.807) is 12.1 Å². The second-order valence-electron chi connectivity index (χ2n) is 5.49. The van der Waals surface area contributed by atoms with Crippen LogP contribution < -0.4 is 5.32 Å². The molecule has 1 aromatic carbocycles. The van der Waals surface area contributed by atoms with Gasteiger partial charge in [0.15, 0.2) is 0 Å². The van der Waals surface area contributed by atoms with Crippen LogP contribution in [0, 0.1) is 5.92 Å². The van der Waals surface area contributed by atoms with Crippen LogP contribution in [0.4, 0.5) is 0 Å². The highest BCUT2D eigenvalue weighted by Crippen LogP contribution is 2.16. The number of carboxylic acids is 1. The minimum atomic E-state index is -0.867. The first-order chi connectivity index (χ1) is 9.08. The van der Waals surface area contributed by atoms with Gasteiger partial charge in [0.2, 0.25) is 0 Å². The maximum absolute atomic E-state index is 10.8. The van der Waals surface area contributed by atoms with E-state index in [1.165, 1.54) is 5.56 Å². The molecule has 0 spiro atoms. The van der Waals surface area contributed by atoms with Crippen molar-refractivity contribution in [3.63, 3.8) is 0 Å². The van der Waals surface area contributed by atoms with Crippen molar-refractivity contribution < 1.29 is 9.90 Å². The third-order valence-electron chi connectivity index (χ3n) is 3.75. The molecular weight excluding hydrogens is 240 g/mol. The average molecular weight is 262 g/mol. The summed E-state index contributed by atoms with van der Waals surface area (Å²) >= 11 is 0. The van der Waals surface area contributed by atoms with Gasteiger partial charge in [0.1, 0.15) is 0 Å². The Labute approximate surface area is 114 Å². The lowest BCUT2D eigenvalue weighted by atomic mass is 9.99. The fraction of sp³-hybridized carbons (Fsp3) is 0.533. The van der Waals surface area contributed by atoms with Crippen molar-refractivity contribution >= 4 is 5.97 Å². The summed E-state index contributed by atoms with van der Waals surface area (Å²) in [6.07, 6.45) is 0. The lowest BCUT2D eigenvalue weighted by Gasteiger charge is -2.38. The molecule has 1 heterocycles. The van der Waals surface area contributed by atoms with Crippen LogP contribution in [0.1, 0.15) is 29.8 Å². The number of benzene rings is 1. The monoisotopic (exact) mass is 262 g/mol. The molecule has 1 aliphatic heterocycles. The van der Waals surface area contributed by atoms with Crippen LogP contribution in [-0.2, 0) is 6.54 Å². The highest BCUT2D eigenvalue weighted by atomic mass is 16.4. The van der Waals surface area contributed by atoms with Crippen molar-refractivity contribution in [1.29, 1.82) is 0 Å². The van der Waals surface area contributed by atoms with Crippen LogP contribution in [0.25, 0.3) is 0 Å². The van der Waals surface area contributed by atoms with Gasteiger partial charge in [-0.1, -0.05) is 26.0 Å². The van der Waals surface area contributed by atoms with Gasteiger partial charge in [-0.3, -0.25) is 4.90 Å². The third-order valence-corrected chi connectivity index (χ3v) is 3.75. The van der Waals surface area contributed by atoms with Gasteiger partial charge in [-0.25, -0.2) is 4.79 Å². The summed E-state index contributed by atoms with van der Waals surface area (Å²) in [5, 5.41) is 12.3. The summed E-state index contributed by atoms with van der Waals surface area (Å²) in [6.45, 7) is 8.49. The standard InChI is InChI=1S/C15H22N2O2/c1-11(2)14-9-16-7-8-17(14)10-12-3-5-13(6-4-12)15(18)19/h3-6,11,14,16H,7-10H2,1-2H3,(H,18,19)/t14-/m0/s1. The predicted molar refractivity (Wildman–Crippen MR) is 75.3 cm³/mol. The maximum atomic E-state index is 10.8. The van der Waals surface area contributed by atoms with E-state index in [9.17, 15) is 4.79 Å². The molecule has 104 valence electrons. The van der Waals surface area contributed by atoms with Crippen molar-refractivity contribution in [1.82, 2.24) is 10.2 Å². The number of hydrogen-bond donors (Lipinski definition) is 2. The topological polar surface area (TPSA) is 52.6 Å². The number of rotatable bonds is 4. The molecule has 0 unspecified atom stereocenters. The van der Waals surface area contributed by atoms with E-state index in [2.05, 4.69) is 24.1 Å². The molecule has 1 atom stereocenters. The van der Waals surface area contributed by atoms with Crippen LogP contribution >= 0.6 is 0 Å². The molecule has 1 fully saturated rings. The highest BCUT2D eigenvalue weighted by molar-refractivity contribution is 5.87. The lowest BCUT2D eigenvalue weighted by molar-refractivity contribution is 0.0697. The summed E-state index contributed by atoms with van der Waals surface area (Å²) in [6, 6.07) is 7.76. The first-order valence-corrected chi connectivity index (χ1v) is 6.85. The summed E-state index contributed by atoms with van der Waals surface area (Å²) in [5.41, 5.74) is 1.53. The van der Waals surface area contributed by atoms with Gasteiger partial charge >= 0.3 is 5.97 Å². The van der Waals surface area contributed by atoms with Gasteiger partial charge < -0.3 is 10.4 Å². The predicted octanol–water partition coefficient (Wildman–Crippen LogP) is 1.81. The van der Waals surface area contributed by atoms with Crippen molar-refractivity contribution in [2.75, 3.05) is 19.6 Å². The van der Waals surface area contributed by atoms with Crippen LogP contribution in [0.2, 0.25) is 0 Å². The number of nitrogens with zero attached hydrogens (tertiary/aromatic N) is 1. The van der Waals surface area contributed by atoms with E-state index in [1.807, 2.05) is 12.1 Å². The van der Waals surface area contributed by atoms with Gasteiger partial charge in [0.05, 0.1) is 5.56 Å². The zero-order valence-corrected chi connectivity index (χ0v) is 11.6. The molecule has 1 aromatic rings. The lowest BCUT2D eigenvalue weighted by Crippen LogP contribution is -2.52. The second kappa shape index (κ2) is 6.17. The normalized spacial score (nSPS) is 20.7. The van der Waals surface area contributed by atoms with Gasteiger partial charge in [-0.05, 0) is 23.6 Å². The van der Waals surface area contributed by atoms with Crippen LogP contribution in [0.15, 0.2) is 24.3 Å². The molecule has 2 N–H and O–H groups in total. The molecule has 4 heteroatoms. The minimum absolute atomic E-state index is 0.351. The van der Waals surface area contributed by atoms with E-state index in [0.717, 1.165) is 26.2 Å². The summed E-state index contributed by atoms with van der Waals surface area (Å²) in [4.78, 5) is 13.3. The highest BCUT2D eigenvalue weighted by Gasteiger charge is 2.24. The van der Waals surface area contributed by atoms with Crippen molar-refractivity contribution in [2.45, 2.75) is 26.4 Å². The van der Waals surface area contributed by atoms with Gasteiger partial charge in [0.25, 0.3) is 0 Å². The number of aromatic carboxylic acids is 1. The molecule has 1 saturated heterocycles. The second-order valence-corrected chi connectivity index (χ2v) is 5.49. The summed E-state index contributed by atoms with van der Waals surface area (Å²) < 4.78 is 0. The SMILES string of the molecule is CC(C)[C@@H]1CNCCN1Cc1ccc(C(=O)O)cc1. The summed E-state index contributed by atoms with van der Waals surface area (Å²) in [5.74, 6) is -0.250. The largest absolute Gasteiger partial charge is 0.478 e. The van der Waals surface area contributed by atoms with Crippen LogP contribution in [0.5, 0.6) is 0 Å². The number of carbonyl (C=O) groups is 1. The fourth-order valence-corrected chi connectivity index (χ4v) is 2.61. The molecule has 0 amide bonds. The first-order valence-electron chi connectivity index (χ1n) is 6.85. The number of hydrogen-bond acceptors (Lipinski definition) is 3. The van der Waals surface area contributed by atoms with Gasteiger partial charge in [-0.15, -0.1) is 0 Å². The first kappa shape index (κ1) is 14.0. The minimum Gasteiger partial charge on any atom is -0.478 e. The van der Waals surface area contributed by atoms with E-state index < -0.39 is 5.97 Å². The number of nitrogens with one attached hydrogen (secondary N) is 1. The zero-order valence-electron chi connectivity index (χ0n) is 11.6. The smallest absolute Gasteiger partial charge is 0.335 e. The average Bonchev–Trinajstić information content (AvgIpc) is 2.39. The van der Waals surface area contributed by atoms with Crippen LogP contribution in [0.3, 0.4) is 0 Å². The van der Waals surface area contributed by atoms with E-state index in [-0.39, 0.29) is 0 Å². The number of carboxylic acid groups (broad SMARTS) is 1. The Balaban J connectivity index is 2.04. The molecule has 0 bridgehead atoms. The summed E-state index contributed by atoms with van der Waals surface area (Å²) in [7, 11) is 0.